The van der Waals surface area contributed by atoms with E-state index in [1.807, 2.05) is 0 Å². The first-order valence-electron chi connectivity index (χ1n) is 13.9. The second-order valence-electron chi connectivity index (χ2n) is 9.83. The average molecular weight is 663 g/mol. The number of anilines is 4. The third-order valence-electron chi connectivity index (χ3n) is 6.62. The van der Waals surface area contributed by atoms with Crippen LogP contribution in [0, 0.1) is 0 Å². The number of hydrogen-bond donors (Lipinski definition) is 3. The zero-order chi connectivity index (χ0) is 32.9. The van der Waals surface area contributed by atoms with Crippen molar-refractivity contribution in [1.82, 2.24) is 30.2 Å². The highest BCUT2D eigenvalue weighted by molar-refractivity contribution is 7.53. The number of methoxy groups -OCH3 is 1. The summed E-state index contributed by atoms with van der Waals surface area (Å²) in [6.07, 6.45) is -0.637. The number of nitrogens with one attached hydrogen (secondary N) is 3. The Hall–Kier alpha value is -4.57. The molecule has 0 spiro atoms. The van der Waals surface area contributed by atoms with Crippen LogP contribution >= 0.6 is 7.60 Å². The number of benzene rings is 1. The quantitative estimate of drug-likeness (QED) is 0.177. The van der Waals surface area contributed by atoms with Crippen molar-refractivity contribution >= 4 is 36.6 Å². The number of ether oxygens (including phenoxy) is 1. The van der Waals surface area contributed by atoms with E-state index in [1.165, 1.54) is 32.5 Å². The van der Waals surface area contributed by atoms with Crippen LogP contribution in [0.1, 0.15) is 35.0 Å². The Labute approximate surface area is 261 Å². The Balaban J connectivity index is 1.62. The van der Waals surface area contributed by atoms with Crippen LogP contribution in [-0.2, 0) is 37.3 Å². The van der Waals surface area contributed by atoms with E-state index in [1.54, 1.807) is 36.0 Å². The molecule has 3 N–H and O–H groups in total. The molecule has 1 unspecified atom stereocenters. The molecule has 4 aliphatic heterocycles. The van der Waals surface area contributed by atoms with Gasteiger partial charge in [-0.2, -0.15) is 23.3 Å². The van der Waals surface area contributed by atoms with Crippen molar-refractivity contribution < 1.29 is 41.2 Å². The molecule has 4 aromatic rings. The lowest BCUT2D eigenvalue weighted by Crippen LogP contribution is -2.24. The van der Waals surface area contributed by atoms with E-state index in [9.17, 15) is 22.5 Å². The maximum Gasteiger partial charge on any atom is 0.421 e. The summed E-state index contributed by atoms with van der Waals surface area (Å²) in [5.74, 6) is -1.41. The van der Waals surface area contributed by atoms with Crippen LogP contribution < -0.4 is 20.9 Å². The zero-order valence-electron chi connectivity index (χ0n) is 24.9. The van der Waals surface area contributed by atoms with Gasteiger partial charge in [-0.15, -0.1) is 0 Å². The summed E-state index contributed by atoms with van der Waals surface area (Å²) < 4.78 is 74.2. The number of aromatic nitrogens is 5. The van der Waals surface area contributed by atoms with Gasteiger partial charge in [0, 0.05) is 24.5 Å². The highest BCUT2D eigenvalue weighted by atomic mass is 31.2. The van der Waals surface area contributed by atoms with E-state index in [0.717, 1.165) is 0 Å². The van der Waals surface area contributed by atoms with Crippen LogP contribution in [0.5, 0.6) is 5.75 Å². The third kappa shape index (κ3) is 7.62. The second kappa shape index (κ2) is 13.8. The minimum Gasteiger partial charge on any atom is -0.495 e. The van der Waals surface area contributed by atoms with Crippen molar-refractivity contribution in [3.63, 3.8) is 0 Å². The Morgan fingerprint density at radius 1 is 1.13 bits per heavy atom. The third-order valence-corrected chi connectivity index (χ3v) is 8.60. The van der Waals surface area contributed by atoms with Crippen LogP contribution in [0.3, 0.4) is 0 Å². The minimum atomic E-state index is -4.85. The van der Waals surface area contributed by atoms with Gasteiger partial charge in [0.15, 0.2) is 5.69 Å². The standard InChI is InChI=1S/C28H30F3N8O6P/c1-4-44-46(41)16-17-6-7-21(23(12-17)42-2)36-27-32-14-19(28(29,30)31)25(37-27)35-22-9-8-20(34-24(22)26(40)38-43-3)18-13-33-39(15-18)10-5-11-45-46/h6-9,12-15H,4-5,10-11,16H2,1-3H3,(H,38,40)(H2,32,35,36,37). The van der Waals surface area contributed by atoms with E-state index in [0.29, 0.717) is 41.7 Å². The number of pyridine rings is 1. The molecule has 3 aromatic heterocycles. The highest BCUT2D eigenvalue weighted by Crippen LogP contribution is 2.52. The fourth-order valence-corrected chi connectivity index (χ4v) is 6.26. The molecule has 46 heavy (non-hydrogen) atoms. The molecule has 1 amide bonds. The van der Waals surface area contributed by atoms with Gasteiger partial charge in [-0.1, -0.05) is 6.07 Å². The maximum absolute atomic E-state index is 14.1. The minimum absolute atomic E-state index is 0.0471. The predicted molar refractivity (Wildman–Crippen MR) is 160 cm³/mol. The summed E-state index contributed by atoms with van der Waals surface area (Å²) in [5.41, 5.74) is 2.33. The number of rotatable bonds is 5. The van der Waals surface area contributed by atoms with Crippen molar-refractivity contribution in [1.29, 1.82) is 0 Å². The topological polar surface area (TPSA) is 164 Å². The molecule has 0 saturated heterocycles. The molecule has 0 fully saturated rings. The van der Waals surface area contributed by atoms with Crippen molar-refractivity contribution in [2.24, 2.45) is 0 Å². The molecular formula is C28H30F3N8O6P. The van der Waals surface area contributed by atoms with Gasteiger partial charge in [0.25, 0.3) is 5.91 Å². The Bertz CT molecular complexity index is 1770. The number of nitrogens with zero attached hydrogens (tertiary/aromatic N) is 5. The van der Waals surface area contributed by atoms with Crippen LogP contribution in [0.2, 0.25) is 0 Å². The molecule has 1 atom stereocenters. The fourth-order valence-electron chi connectivity index (χ4n) is 4.56. The molecule has 14 nitrogen and oxygen atoms in total. The molecular weight excluding hydrogens is 632 g/mol. The second-order valence-corrected chi connectivity index (χ2v) is 11.9. The van der Waals surface area contributed by atoms with E-state index in [4.69, 9.17) is 18.6 Å². The van der Waals surface area contributed by atoms with Crippen LogP contribution in [0.4, 0.5) is 36.3 Å². The molecule has 8 bridgehead atoms. The predicted octanol–water partition coefficient (Wildman–Crippen LogP) is 5.69. The fraction of sp³-hybridized carbons (Fsp3) is 0.321. The molecule has 0 saturated carbocycles. The van der Waals surface area contributed by atoms with Crippen LogP contribution in [0.15, 0.2) is 48.9 Å². The molecule has 0 radical (unpaired) electrons. The van der Waals surface area contributed by atoms with Crippen molar-refractivity contribution in [2.75, 3.05) is 38.1 Å². The zero-order valence-corrected chi connectivity index (χ0v) is 25.8. The number of hydroxylamine groups is 1. The molecule has 0 aliphatic carbocycles. The Kier molecular flexibility index (Phi) is 9.86. The lowest BCUT2D eigenvalue weighted by atomic mass is 10.2. The summed E-state index contributed by atoms with van der Waals surface area (Å²) in [6, 6.07) is 7.74. The smallest absolute Gasteiger partial charge is 0.421 e. The van der Waals surface area contributed by atoms with Crippen LogP contribution in [0.25, 0.3) is 11.3 Å². The van der Waals surface area contributed by atoms with E-state index in [-0.39, 0.29) is 42.5 Å². The lowest BCUT2D eigenvalue weighted by molar-refractivity contribution is -0.137. The molecule has 244 valence electrons. The largest absolute Gasteiger partial charge is 0.495 e. The summed E-state index contributed by atoms with van der Waals surface area (Å²) in [7, 11) is -0.954. The van der Waals surface area contributed by atoms with Gasteiger partial charge >= 0.3 is 13.8 Å². The molecule has 7 heterocycles. The van der Waals surface area contributed by atoms with Crippen molar-refractivity contribution in [2.45, 2.75) is 32.2 Å². The van der Waals surface area contributed by atoms with Crippen LogP contribution in [-0.4, -0.2) is 58.1 Å². The van der Waals surface area contributed by atoms with Gasteiger partial charge in [-0.3, -0.25) is 18.9 Å². The Morgan fingerprint density at radius 2 is 1.93 bits per heavy atom. The first-order chi connectivity index (χ1) is 22.0. The van der Waals surface area contributed by atoms with Crippen molar-refractivity contribution in [3.05, 3.63) is 65.7 Å². The van der Waals surface area contributed by atoms with Gasteiger partial charge in [0.2, 0.25) is 5.95 Å². The normalized spacial score (nSPS) is 16.9. The van der Waals surface area contributed by atoms with E-state index in [2.05, 4.69) is 36.2 Å². The number of carbonyl (C=O) groups excluding carboxylic acids is 1. The maximum atomic E-state index is 14.1. The highest BCUT2D eigenvalue weighted by Gasteiger charge is 2.36. The summed E-state index contributed by atoms with van der Waals surface area (Å²) in [4.78, 5) is 30.0. The van der Waals surface area contributed by atoms with Gasteiger partial charge in [-0.05, 0) is 43.2 Å². The number of hydrogen-bond acceptors (Lipinski definition) is 12. The molecule has 8 rings (SSSR count). The Morgan fingerprint density at radius 3 is 2.67 bits per heavy atom. The molecule has 18 heteroatoms. The number of carbonyl (C=O) groups is 1. The van der Waals surface area contributed by atoms with Crippen molar-refractivity contribution in [3.8, 4) is 17.0 Å². The molecule has 1 aromatic carbocycles. The number of alkyl halides is 3. The number of halogens is 3. The SMILES string of the molecule is CCOP1(=O)Cc2ccc(c(OC)c2)Nc2ncc(C(F)(F)F)c(n2)Nc2ccc(nc2C(=O)NOC)-c2cnn(c2)CCCO1. The average Bonchev–Trinajstić information content (AvgIpc) is 3.49. The van der Waals surface area contributed by atoms with Gasteiger partial charge in [0.1, 0.15) is 17.1 Å². The summed E-state index contributed by atoms with van der Waals surface area (Å²) in [6.45, 7) is 2.39. The van der Waals surface area contributed by atoms with Gasteiger partial charge in [-0.25, -0.2) is 15.4 Å². The summed E-state index contributed by atoms with van der Waals surface area (Å²) >= 11 is 0. The molecule has 4 aliphatic rings. The number of aryl methyl sites for hydroxylation is 1. The summed E-state index contributed by atoms with van der Waals surface area (Å²) in [5, 5.41) is 9.78. The number of amides is 1. The van der Waals surface area contributed by atoms with E-state index < -0.39 is 31.1 Å². The van der Waals surface area contributed by atoms with Gasteiger partial charge in [0.05, 0.1) is 56.9 Å². The first kappa shape index (κ1) is 32.8. The first-order valence-corrected chi connectivity index (χ1v) is 15.6. The monoisotopic (exact) mass is 662 g/mol. The lowest BCUT2D eigenvalue weighted by Gasteiger charge is -2.19. The van der Waals surface area contributed by atoms with Gasteiger partial charge < -0.3 is 24.4 Å². The van der Waals surface area contributed by atoms with E-state index >= 15 is 0 Å².